The molecule has 0 aromatic carbocycles. The fraction of sp³-hybridized carbons (Fsp3) is 0.862. The van der Waals surface area contributed by atoms with Crippen molar-refractivity contribution >= 4 is 5.91 Å². The second-order valence-corrected chi connectivity index (χ2v) is 21.7. The molecule has 4 atom stereocenters. The van der Waals surface area contributed by atoms with Crippen molar-refractivity contribution < 1.29 is 25.2 Å². The summed E-state index contributed by atoms with van der Waals surface area (Å²) in [6.07, 6.45) is 76.4. The van der Waals surface area contributed by atoms with Crippen LogP contribution in [0.1, 0.15) is 328 Å². The molecule has 0 saturated carbocycles. The second-order valence-electron chi connectivity index (χ2n) is 21.7. The summed E-state index contributed by atoms with van der Waals surface area (Å²) < 4.78 is 0. The first kappa shape index (κ1) is 69.3. The molecule has 0 aliphatic rings. The van der Waals surface area contributed by atoms with Gasteiger partial charge in [-0.25, -0.2) is 0 Å². The zero-order chi connectivity index (χ0) is 51.6. The van der Waals surface area contributed by atoms with E-state index in [0.29, 0.717) is 19.3 Å². The minimum absolute atomic E-state index is 0.355. The number of hydrogen-bond donors (Lipinski definition) is 5. The van der Waals surface area contributed by atoms with Gasteiger partial charge in [0.15, 0.2) is 0 Å². The van der Waals surface area contributed by atoms with Gasteiger partial charge in [-0.3, -0.25) is 4.79 Å². The Hall–Kier alpha value is -1.73. The van der Waals surface area contributed by atoms with Crippen LogP contribution in [-0.2, 0) is 4.79 Å². The number of carbonyl (C=O) groups excluding carboxylic acids is 1. The molecule has 0 aliphatic heterocycles. The Morgan fingerprint density at radius 3 is 0.887 bits per heavy atom. The summed E-state index contributed by atoms with van der Waals surface area (Å²) in [6, 6.07) is -1.02. The van der Waals surface area contributed by atoms with E-state index in [0.717, 1.165) is 51.4 Å². The fourth-order valence-electron chi connectivity index (χ4n) is 9.79. The monoisotopic (exact) mass is 998 g/mol. The van der Waals surface area contributed by atoms with Gasteiger partial charge in [-0.05, 0) is 89.9 Å². The standard InChI is InChI=1S/C65H123NO5/c1-3-5-7-9-11-13-15-17-19-21-23-25-27-29-30-31-32-33-34-35-37-38-40-42-44-46-48-50-52-54-56-58-62(68)64(70)61(60-67)66-65(71)63(69)59-57-55-53-51-49-47-45-43-41-39-36-28-26-24-22-20-18-16-14-12-10-8-6-4-2/h35-37,39,42,44,50,52,61-64,67-70H,3-34,38,40-41,43,45-49,51,53-60H2,1-2H3,(H,66,71)/b37-35+,39-36-,44-42+,52-50+. The lowest BCUT2D eigenvalue weighted by molar-refractivity contribution is -0.132. The van der Waals surface area contributed by atoms with Crippen LogP contribution >= 0.6 is 0 Å². The highest BCUT2D eigenvalue weighted by Gasteiger charge is 2.28. The third-order valence-electron chi connectivity index (χ3n) is 14.7. The van der Waals surface area contributed by atoms with Gasteiger partial charge in [-0.15, -0.1) is 0 Å². The predicted octanol–water partition coefficient (Wildman–Crippen LogP) is 18.9. The Kier molecular flexibility index (Phi) is 57.7. The minimum atomic E-state index is -1.30. The molecule has 5 N–H and O–H groups in total. The molecule has 0 spiro atoms. The van der Waals surface area contributed by atoms with Crippen molar-refractivity contribution in [2.45, 2.75) is 353 Å². The van der Waals surface area contributed by atoms with E-state index in [9.17, 15) is 25.2 Å². The van der Waals surface area contributed by atoms with Crippen LogP contribution in [0.5, 0.6) is 0 Å². The first-order valence-electron chi connectivity index (χ1n) is 31.5. The highest BCUT2D eigenvalue weighted by atomic mass is 16.3. The molecule has 6 heteroatoms. The Morgan fingerprint density at radius 2 is 0.592 bits per heavy atom. The molecule has 0 rings (SSSR count). The maximum absolute atomic E-state index is 12.6. The molecule has 0 aromatic rings. The van der Waals surface area contributed by atoms with Gasteiger partial charge in [-0.2, -0.15) is 0 Å². The van der Waals surface area contributed by atoms with E-state index >= 15 is 0 Å². The Balaban J connectivity index is 3.67. The fourth-order valence-corrected chi connectivity index (χ4v) is 9.79. The maximum atomic E-state index is 12.6. The van der Waals surface area contributed by atoms with Crippen molar-refractivity contribution in [3.63, 3.8) is 0 Å². The van der Waals surface area contributed by atoms with Crippen molar-refractivity contribution in [2.75, 3.05) is 6.61 Å². The van der Waals surface area contributed by atoms with Crippen LogP contribution in [0.2, 0.25) is 0 Å². The third kappa shape index (κ3) is 52.9. The lowest BCUT2D eigenvalue weighted by Crippen LogP contribution is -2.53. The van der Waals surface area contributed by atoms with Gasteiger partial charge in [0.25, 0.3) is 0 Å². The van der Waals surface area contributed by atoms with Crippen molar-refractivity contribution in [2.24, 2.45) is 0 Å². The van der Waals surface area contributed by atoms with Crippen LogP contribution < -0.4 is 5.32 Å². The van der Waals surface area contributed by atoms with Crippen LogP contribution in [0.15, 0.2) is 48.6 Å². The summed E-state index contributed by atoms with van der Waals surface area (Å²) in [7, 11) is 0. The smallest absolute Gasteiger partial charge is 0.249 e. The van der Waals surface area contributed by atoms with Crippen molar-refractivity contribution in [1.29, 1.82) is 0 Å². The van der Waals surface area contributed by atoms with E-state index in [1.54, 1.807) is 0 Å². The first-order chi connectivity index (χ1) is 35.0. The molecular formula is C65H123NO5. The Morgan fingerprint density at radius 1 is 0.338 bits per heavy atom. The van der Waals surface area contributed by atoms with E-state index < -0.39 is 36.9 Å². The summed E-state index contributed by atoms with van der Waals surface area (Å²) in [5, 5.41) is 44.0. The molecule has 418 valence electrons. The lowest BCUT2D eigenvalue weighted by Gasteiger charge is -2.27. The molecule has 6 nitrogen and oxygen atoms in total. The van der Waals surface area contributed by atoms with Crippen molar-refractivity contribution in [3.05, 3.63) is 48.6 Å². The molecule has 4 unspecified atom stereocenters. The molecule has 0 aromatic heterocycles. The van der Waals surface area contributed by atoms with Crippen LogP contribution in [-0.4, -0.2) is 57.3 Å². The van der Waals surface area contributed by atoms with E-state index in [1.165, 1.54) is 244 Å². The van der Waals surface area contributed by atoms with Gasteiger partial charge in [0, 0.05) is 0 Å². The quantitative estimate of drug-likeness (QED) is 0.0308. The molecule has 0 heterocycles. The van der Waals surface area contributed by atoms with Crippen LogP contribution in [0.3, 0.4) is 0 Å². The molecule has 1 amide bonds. The molecule has 0 radical (unpaired) electrons. The van der Waals surface area contributed by atoms with Crippen LogP contribution in [0.4, 0.5) is 0 Å². The summed E-state index contributed by atoms with van der Waals surface area (Å²) in [5.41, 5.74) is 0. The van der Waals surface area contributed by atoms with Gasteiger partial charge in [-0.1, -0.05) is 287 Å². The second kappa shape index (κ2) is 59.2. The number of hydrogen-bond acceptors (Lipinski definition) is 5. The highest BCUT2D eigenvalue weighted by Crippen LogP contribution is 2.18. The SMILES string of the molecule is CCCCCCCCCCCCCC/C=C\CCCCCCCCCCC(O)C(=O)NC(CO)C(O)C(O)CCC/C=C/CC/C=C/CC/C=C/CCCCCCCCCCCCCCCCCCCC. The third-order valence-corrected chi connectivity index (χ3v) is 14.7. The molecule has 0 fully saturated rings. The van der Waals surface area contributed by atoms with E-state index in [2.05, 4.69) is 67.8 Å². The van der Waals surface area contributed by atoms with Crippen molar-refractivity contribution in [1.82, 2.24) is 5.32 Å². The summed E-state index contributed by atoms with van der Waals surface area (Å²) >= 11 is 0. The van der Waals surface area contributed by atoms with Crippen LogP contribution in [0.25, 0.3) is 0 Å². The molecule has 0 bridgehead atoms. The zero-order valence-corrected chi connectivity index (χ0v) is 47.5. The average molecular weight is 999 g/mol. The first-order valence-corrected chi connectivity index (χ1v) is 31.5. The van der Waals surface area contributed by atoms with Crippen LogP contribution in [0, 0.1) is 0 Å². The van der Waals surface area contributed by atoms with E-state index in [4.69, 9.17) is 0 Å². The number of nitrogens with one attached hydrogen (secondary N) is 1. The maximum Gasteiger partial charge on any atom is 0.249 e. The zero-order valence-electron chi connectivity index (χ0n) is 47.5. The Labute approximate surface area is 442 Å². The Bertz CT molecular complexity index is 1170. The normalized spacial score (nSPS) is 13.9. The number of aliphatic hydroxyl groups is 4. The summed E-state index contributed by atoms with van der Waals surface area (Å²) in [6.45, 7) is 4.08. The van der Waals surface area contributed by atoms with Gasteiger partial charge < -0.3 is 25.7 Å². The number of rotatable bonds is 58. The lowest BCUT2D eigenvalue weighted by atomic mass is 10.00. The largest absolute Gasteiger partial charge is 0.394 e. The number of amides is 1. The molecule has 71 heavy (non-hydrogen) atoms. The van der Waals surface area contributed by atoms with Crippen molar-refractivity contribution in [3.8, 4) is 0 Å². The van der Waals surface area contributed by atoms with Gasteiger partial charge in [0.1, 0.15) is 12.2 Å². The summed E-state index contributed by atoms with van der Waals surface area (Å²) in [4.78, 5) is 12.6. The summed E-state index contributed by atoms with van der Waals surface area (Å²) in [5.74, 6) is -0.599. The number of allylic oxidation sites excluding steroid dienone is 8. The van der Waals surface area contributed by atoms with Gasteiger partial charge >= 0.3 is 0 Å². The predicted molar refractivity (Wildman–Crippen MR) is 311 cm³/mol. The minimum Gasteiger partial charge on any atom is -0.394 e. The average Bonchev–Trinajstić information content (AvgIpc) is 3.38. The van der Waals surface area contributed by atoms with E-state index in [1.807, 2.05) is 0 Å². The van der Waals surface area contributed by atoms with Gasteiger partial charge in [0.2, 0.25) is 5.91 Å². The molecular weight excluding hydrogens is 875 g/mol. The topological polar surface area (TPSA) is 110 Å². The highest BCUT2D eigenvalue weighted by molar-refractivity contribution is 5.80. The number of carbonyl (C=O) groups is 1. The molecule has 0 saturated heterocycles. The molecule has 0 aliphatic carbocycles. The number of aliphatic hydroxyl groups excluding tert-OH is 4. The van der Waals surface area contributed by atoms with Gasteiger partial charge in [0.05, 0.1) is 18.8 Å². The number of unbranched alkanes of at least 4 members (excludes halogenated alkanes) is 41. The van der Waals surface area contributed by atoms with E-state index in [-0.39, 0.29) is 0 Å².